The van der Waals surface area contributed by atoms with E-state index in [4.69, 9.17) is 18.9 Å². The fraction of sp³-hybridized carbons (Fsp3) is 1.00. The van der Waals surface area contributed by atoms with Crippen LogP contribution in [0.4, 0.5) is 0 Å². The van der Waals surface area contributed by atoms with Gasteiger partial charge in [0.1, 0.15) is 36.6 Å². The average Bonchev–Trinajstić information content (AvgIpc) is 2.49. The van der Waals surface area contributed by atoms with Crippen molar-refractivity contribution >= 4 is 0 Å². The van der Waals surface area contributed by atoms with E-state index in [-0.39, 0.29) is 0 Å². The second kappa shape index (κ2) is 7.04. The maximum atomic E-state index is 10.1. The summed E-state index contributed by atoms with van der Waals surface area (Å²) in [6, 6.07) is 0. The van der Waals surface area contributed by atoms with Crippen LogP contribution in [-0.4, -0.2) is 94.1 Å². The van der Waals surface area contributed by atoms with E-state index < -0.39 is 61.4 Å². The first-order chi connectivity index (χ1) is 10.3. The number of methoxy groups -OCH3 is 1. The predicted octanol–water partition coefficient (Wildman–Crippen LogP) is -2.69. The molecule has 0 aromatic heterocycles. The number of aliphatic hydroxyl groups is 5. The van der Waals surface area contributed by atoms with Crippen LogP contribution < -0.4 is 0 Å². The Hall–Kier alpha value is -0.360. The van der Waals surface area contributed by atoms with Crippen molar-refractivity contribution in [3.05, 3.63) is 0 Å². The third-order valence-electron chi connectivity index (χ3n) is 4.11. The van der Waals surface area contributed by atoms with Crippen LogP contribution in [0, 0.1) is 0 Å². The summed E-state index contributed by atoms with van der Waals surface area (Å²) in [6.45, 7) is 3.12. The molecule has 0 aromatic carbocycles. The van der Waals surface area contributed by atoms with Crippen LogP contribution in [0.3, 0.4) is 0 Å². The Labute approximate surface area is 128 Å². The maximum absolute atomic E-state index is 10.1. The lowest BCUT2D eigenvalue weighted by Gasteiger charge is -2.45. The summed E-state index contributed by atoms with van der Waals surface area (Å²) in [4.78, 5) is 0. The quantitative estimate of drug-likeness (QED) is 0.376. The van der Waals surface area contributed by atoms with Gasteiger partial charge in [0.2, 0.25) is 0 Å². The predicted molar refractivity (Wildman–Crippen MR) is 70.6 cm³/mol. The topological polar surface area (TPSA) is 138 Å². The molecule has 0 radical (unpaired) electrons. The standard InChI is InChI=1S/C13H24O9/c1-4-6(14)7(15)9(17)13(20-4)22-11-5(2)21-12(19-3)10(18)8(11)16/h4-18H,1-3H3/t4-,5-,6-,7+,8-,9+,10+,11-,12+,13+/m0/s1. The van der Waals surface area contributed by atoms with Gasteiger partial charge in [-0.25, -0.2) is 0 Å². The highest BCUT2D eigenvalue weighted by atomic mass is 16.7. The molecule has 10 atom stereocenters. The van der Waals surface area contributed by atoms with Crippen LogP contribution in [0.1, 0.15) is 13.8 Å². The van der Waals surface area contributed by atoms with Gasteiger partial charge >= 0.3 is 0 Å². The highest BCUT2D eigenvalue weighted by molar-refractivity contribution is 4.92. The Bertz CT molecular complexity index is 367. The van der Waals surface area contributed by atoms with Gasteiger partial charge in [-0.1, -0.05) is 0 Å². The summed E-state index contributed by atoms with van der Waals surface area (Å²) in [6.07, 6.45) is -11.5. The van der Waals surface area contributed by atoms with E-state index >= 15 is 0 Å². The van der Waals surface area contributed by atoms with Crippen LogP contribution in [0.25, 0.3) is 0 Å². The summed E-state index contributed by atoms with van der Waals surface area (Å²) in [5, 5.41) is 49.3. The molecule has 130 valence electrons. The largest absolute Gasteiger partial charge is 0.388 e. The molecule has 0 saturated carbocycles. The van der Waals surface area contributed by atoms with E-state index in [0.29, 0.717) is 0 Å². The van der Waals surface area contributed by atoms with Gasteiger partial charge < -0.3 is 44.5 Å². The Morgan fingerprint density at radius 1 is 0.682 bits per heavy atom. The summed E-state index contributed by atoms with van der Waals surface area (Å²) >= 11 is 0. The molecule has 2 aliphatic rings. The zero-order valence-corrected chi connectivity index (χ0v) is 12.6. The molecule has 9 nitrogen and oxygen atoms in total. The third-order valence-corrected chi connectivity index (χ3v) is 4.11. The number of hydrogen-bond acceptors (Lipinski definition) is 9. The van der Waals surface area contributed by atoms with Crippen molar-refractivity contribution in [3.63, 3.8) is 0 Å². The highest BCUT2D eigenvalue weighted by Gasteiger charge is 2.48. The molecule has 2 fully saturated rings. The van der Waals surface area contributed by atoms with E-state index in [1.807, 2.05) is 0 Å². The maximum Gasteiger partial charge on any atom is 0.187 e. The highest BCUT2D eigenvalue weighted by Crippen LogP contribution is 2.28. The number of aliphatic hydroxyl groups excluding tert-OH is 5. The lowest BCUT2D eigenvalue weighted by atomic mass is 9.97. The lowest BCUT2D eigenvalue weighted by molar-refractivity contribution is -0.350. The summed E-state index contributed by atoms with van der Waals surface area (Å²) in [5.74, 6) is 0. The van der Waals surface area contributed by atoms with Gasteiger partial charge in [-0.05, 0) is 13.8 Å². The first kappa shape index (κ1) is 18.0. The Morgan fingerprint density at radius 2 is 1.23 bits per heavy atom. The van der Waals surface area contributed by atoms with Gasteiger partial charge in [-0.2, -0.15) is 0 Å². The van der Waals surface area contributed by atoms with Gasteiger partial charge in [-0.3, -0.25) is 0 Å². The van der Waals surface area contributed by atoms with Crippen molar-refractivity contribution in [3.8, 4) is 0 Å². The molecule has 0 unspecified atom stereocenters. The van der Waals surface area contributed by atoms with Crippen molar-refractivity contribution < 1.29 is 44.5 Å². The first-order valence-corrected chi connectivity index (χ1v) is 7.17. The lowest BCUT2D eigenvalue weighted by Crippen LogP contribution is -2.63. The fourth-order valence-electron chi connectivity index (χ4n) is 2.67. The van der Waals surface area contributed by atoms with Crippen LogP contribution in [-0.2, 0) is 18.9 Å². The molecular formula is C13H24O9. The number of ether oxygens (including phenoxy) is 4. The molecular weight excluding hydrogens is 300 g/mol. The molecule has 0 spiro atoms. The molecule has 0 amide bonds. The van der Waals surface area contributed by atoms with Crippen LogP contribution in [0.5, 0.6) is 0 Å². The second-order valence-corrected chi connectivity index (χ2v) is 5.71. The molecule has 2 heterocycles. The molecule has 5 N–H and O–H groups in total. The van der Waals surface area contributed by atoms with Crippen LogP contribution >= 0.6 is 0 Å². The molecule has 22 heavy (non-hydrogen) atoms. The van der Waals surface area contributed by atoms with Crippen LogP contribution in [0.15, 0.2) is 0 Å². The Balaban J connectivity index is 2.06. The molecule has 0 bridgehead atoms. The van der Waals surface area contributed by atoms with Crippen molar-refractivity contribution in [1.82, 2.24) is 0 Å². The van der Waals surface area contributed by atoms with E-state index in [0.717, 1.165) is 0 Å². The van der Waals surface area contributed by atoms with Gasteiger partial charge in [0.05, 0.1) is 12.2 Å². The van der Waals surface area contributed by atoms with Crippen molar-refractivity contribution in [1.29, 1.82) is 0 Å². The van der Waals surface area contributed by atoms with Crippen molar-refractivity contribution in [2.24, 2.45) is 0 Å². The Kier molecular flexibility index (Phi) is 5.75. The fourth-order valence-corrected chi connectivity index (χ4v) is 2.67. The molecule has 2 rings (SSSR count). The Morgan fingerprint density at radius 3 is 1.82 bits per heavy atom. The van der Waals surface area contributed by atoms with Gasteiger partial charge in [-0.15, -0.1) is 0 Å². The smallest absolute Gasteiger partial charge is 0.187 e. The van der Waals surface area contributed by atoms with Gasteiger partial charge in [0.25, 0.3) is 0 Å². The average molecular weight is 324 g/mol. The van der Waals surface area contributed by atoms with Gasteiger partial charge in [0.15, 0.2) is 12.6 Å². The van der Waals surface area contributed by atoms with E-state index in [9.17, 15) is 25.5 Å². The molecule has 2 aliphatic heterocycles. The van der Waals surface area contributed by atoms with E-state index in [1.54, 1.807) is 6.92 Å². The molecule has 0 aliphatic carbocycles. The molecule has 9 heteroatoms. The minimum Gasteiger partial charge on any atom is -0.388 e. The first-order valence-electron chi connectivity index (χ1n) is 7.17. The van der Waals surface area contributed by atoms with E-state index in [1.165, 1.54) is 14.0 Å². The minimum absolute atomic E-state index is 0.654. The zero-order valence-electron chi connectivity index (χ0n) is 12.6. The van der Waals surface area contributed by atoms with Gasteiger partial charge in [0, 0.05) is 7.11 Å². The zero-order chi connectivity index (χ0) is 16.6. The monoisotopic (exact) mass is 324 g/mol. The SMILES string of the molecule is CO[C@@H]1O[C@@H](C)[C@H](O[C@H]2O[C@@H](C)[C@H](O)[C@@H](O)[C@H]2O)[C@@H](O)[C@H]1O. The molecule has 2 saturated heterocycles. The van der Waals surface area contributed by atoms with Crippen LogP contribution in [0.2, 0.25) is 0 Å². The number of rotatable bonds is 3. The molecule has 0 aromatic rings. The minimum atomic E-state index is -1.50. The second-order valence-electron chi connectivity index (χ2n) is 5.71. The summed E-state index contributed by atoms with van der Waals surface area (Å²) in [5.41, 5.74) is 0. The normalized spacial score (nSPS) is 53.5. The van der Waals surface area contributed by atoms with E-state index in [2.05, 4.69) is 0 Å². The third kappa shape index (κ3) is 3.28. The summed E-state index contributed by atoms with van der Waals surface area (Å²) in [7, 11) is 1.34. The summed E-state index contributed by atoms with van der Waals surface area (Å²) < 4.78 is 21.1. The van der Waals surface area contributed by atoms with Crippen molar-refractivity contribution in [2.75, 3.05) is 7.11 Å². The number of hydrogen-bond donors (Lipinski definition) is 5. The van der Waals surface area contributed by atoms with Crippen molar-refractivity contribution in [2.45, 2.75) is 75.3 Å².